The fraction of sp³-hybridized carbons (Fsp3) is 0.467. The number of aliphatic imine (C=N–C) groups is 1. The Balaban J connectivity index is 2.02. The molecule has 0 spiro atoms. The van der Waals surface area contributed by atoms with Crippen molar-refractivity contribution in [1.29, 1.82) is 0 Å². The lowest BCUT2D eigenvalue weighted by atomic mass is 10.2. The van der Waals surface area contributed by atoms with E-state index in [1.165, 1.54) is 16.8 Å². The first-order valence-corrected chi connectivity index (χ1v) is 8.92. The van der Waals surface area contributed by atoms with Crippen LogP contribution in [0.4, 0.5) is 0 Å². The zero-order valence-electron chi connectivity index (χ0n) is 13.4. The first-order valence-electron chi connectivity index (χ1n) is 7.25. The highest BCUT2D eigenvalue weighted by Gasteiger charge is 2.09. The molecule has 2 heterocycles. The predicted molar refractivity (Wildman–Crippen MR) is 96.4 cm³/mol. The number of hydrogen-bond donors (Lipinski definition) is 2. The number of thiophene rings is 1. The number of aromatic nitrogens is 2. The van der Waals surface area contributed by atoms with E-state index in [1.807, 2.05) is 18.7 Å². The largest absolute Gasteiger partial charge is 0.357 e. The predicted octanol–water partition coefficient (Wildman–Crippen LogP) is 3.12. The van der Waals surface area contributed by atoms with Crippen molar-refractivity contribution in [3.63, 3.8) is 0 Å². The standard InChI is InChI=1S/C15H22BrN5S/c1-5-17-15(18-7-12-6-14(16)22-9-12)19-8-13-10(2)20-21(4)11(13)3/h6,9H,5,7-8H2,1-4H3,(H2,17,18,19). The molecular weight excluding hydrogens is 362 g/mol. The van der Waals surface area contributed by atoms with E-state index in [0.29, 0.717) is 6.54 Å². The Morgan fingerprint density at radius 1 is 1.41 bits per heavy atom. The summed E-state index contributed by atoms with van der Waals surface area (Å²) in [5.41, 5.74) is 4.68. The minimum Gasteiger partial charge on any atom is -0.357 e. The van der Waals surface area contributed by atoms with Crippen molar-refractivity contribution in [2.45, 2.75) is 33.9 Å². The summed E-state index contributed by atoms with van der Waals surface area (Å²) in [6, 6.07) is 2.10. The van der Waals surface area contributed by atoms with Crippen LogP contribution in [0.3, 0.4) is 0 Å². The number of rotatable bonds is 5. The zero-order chi connectivity index (χ0) is 16.1. The lowest BCUT2D eigenvalue weighted by Gasteiger charge is -2.11. The van der Waals surface area contributed by atoms with Gasteiger partial charge in [0.25, 0.3) is 0 Å². The Morgan fingerprint density at radius 2 is 2.18 bits per heavy atom. The van der Waals surface area contributed by atoms with E-state index in [-0.39, 0.29) is 0 Å². The van der Waals surface area contributed by atoms with Crippen LogP contribution < -0.4 is 10.6 Å². The Kier molecular flexibility index (Phi) is 6.02. The highest BCUT2D eigenvalue weighted by Crippen LogP contribution is 2.21. The van der Waals surface area contributed by atoms with Crippen LogP contribution in [0.1, 0.15) is 29.4 Å². The normalized spacial score (nSPS) is 11.8. The smallest absolute Gasteiger partial charge is 0.191 e. The van der Waals surface area contributed by atoms with Gasteiger partial charge in [0.05, 0.1) is 16.0 Å². The first-order chi connectivity index (χ1) is 10.5. The third-order valence-corrected chi connectivity index (χ3v) is 5.03. The summed E-state index contributed by atoms with van der Waals surface area (Å²) in [5, 5.41) is 13.2. The molecule has 0 aromatic carbocycles. The molecule has 2 rings (SSSR count). The fourth-order valence-electron chi connectivity index (χ4n) is 2.19. The average molecular weight is 384 g/mol. The van der Waals surface area contributed by atoms with Gasteiger partial charge in [0.2, 0.25) is 0 Å². The SMILES string of the molecule is CCNC(=NCc1csc(Br)c1)NCc1c(C)nn(C)c1C. The van der Waals surface area contributed by atoms with Gasteiger partial charge in [-0.25, -0.2) is 4.99 Å². The number of guanidine groups is 1. The number of halogens is 1. The third-order valence-electron chi connectivity index (χ3n) is 3.48. The lowest BCUT2D eigenvalue weighted by molar-refractivity contribution is 0.728. The zero-order valence-corrected chi connectivity index (χ0v) is 15.8. The number of hydrogen-bond acceptors (Lipinski definition) is 3. The molecule has 0 radical (unpaired) electrons. The van der Waals surface area contributed by atoms with E-state index in [4.69, 9.17) is 0 Å². The van der Waals surface area contributed by atoms with Crippen LogP contribution in [-0.4, -0.2) is 22.3 Å². The van der Waals surface area contributed by atoms with Gasteiger partial charge < -0.3 is 10.6 Å². The average Bonchev–Trinajstić information content (AvgIpc) is 2.99. The van der Waals surface area contributed by atoms with Crippen molar-refractivity contribution < 1.29 is 0 Å². The lowest BCUT2D eigenvalue weighted by Crippen LogP contribution is -2.37. The quantitative estimate of drug-likeness (QED) is 0.615. The maximum Gasteiger partial charge on any atom is 0.191 e. The Labute approximate surface area is 144 Å². The van der Waals surface area contributed by atoms with Crippen LogP contribution in [-0.2, 0) is 20.1 Å². The molecule has 0 aliphatic rings. The molecular formula is C15H22BrN5S. The van der Waals surface area contributed by atoms with E-state index in [2.05, 4.69) is 61.9 Å². The molecule has 0 atom stereocenters. The van der Waals surface area contributed by atoms with Gasteiger partial charge in [-0.2, -0.15) is 5.10 Å². The second kappa shape index (κ2) is 7.78. The highest BCUT2D eigenvalue weighted by molar-refractivity contribution is 9.11. The molecule has 120 valence electrons. The number of aryl methyl sites for hydroxylation is 2. The molecule has 2 aromatic rings. The molecule has 2 N–H and O–H groups in total. The monoisotopic (exact) mass is 383 g/mol. The van der Waals surface area contributed by atoms with Gasteiger partial charge >= 0.3 is 0 Å². The molecule has 2 aromatic heterocycles. The summed E-state index contributed by atoms with van der Waals surface area (Å²) >= 11 is 5.16. The molecule has 0 amide bonds. The Hall–Kier alpha value is -1.34. The number of nitrogens with one attached hydrogen (secondary N) is 2. The minimum absolute atomic E-state index is 0.669. The van der Waals surface area contributed by atoms with Crippen LogP contribution in [0.25, 0.3) is 0 Å². The van der Waals surface area contributed by atoms with Crippen molar-refractivity contribution in [2.24, 2.45) is 12.0 Å². The molecule has 0 saturated heterocycles. The molecule has 5 nitrogen and oxygen atoms in total. The summed E-state index contributed by atoms with van der Waals surface area (Å²) in [6.45, 7) is 8.43. The second-order valence-electron chi connectivity index (χ2n) is 5.08. The van der Waals surface area contributed by atoms with Gasteiger partial charge in [-0.05, 0) is 53.7 Å². The molecule has 0 aliphatic heterocycles. The molecule has 0 fully saturated rings. The molecule has 7 heteroatoms. The second-order valence-corrected chi connectivity index (χ2v) is 7.37. The number of nitrogens with zero attached hydrogens (tertiary/aromatic N) is 3. The summed E-state index contributed by atoms with van der Waals surface area (Å²) in [7, 11) is 1.97. The topological polar surface area (TPSA) is 54.2 Å². The van der Waals surface area contributed by atoms with Crippen LogP contribution >= 0.6 is 27.3 Å². The molecule has 22 heavy (non-hydrogen) atoms. The summed E-state index contributed by atoms with van der Waals surface area (Å²) in [6.07, 6.45) is 0. The van der Waals surface area contributed by atoms with E-state index < -0.39 is 0 Å². The van der Waals surface area contributed by atoms with E-state index in [0.717, 1.165) is 28.5 Å². The van der Waals surface area contributed by atoms with Gasteiger partial charge in [-0.15, -0.1) is 11.3 Å². The van der Waals surface area contributed by atoms with Crippen LogP contribution in [0.15, 0.2) is 20.2 Å². The van der Waals surface area contributed by atoms with Crippen molar-refractivity contribution in [3.8, 4) is 0 Å². The van der Waals surface area contributed by atoms with Crippen molar-refractivity contribution in [1.82, 2.24) is 20.4 Å². The maximum atomic E-state index is 4.63. The van der Waals surface area contributed by atoms with E-state index in [1.54, 1.807) is 11.3 Å². The Morgan fingerprint density at radius 3 is 2.73 bits per heavy atom. The van der Waals surface area contributed by atoms with Crippen molar-refractivity contribution >= 4 is 33.2 Å². The van der Waals surface area contributed by atoms with Gasteiger partial charge in [-0.1, -0.05) is 0 Å². The van der Waals surface area contributed by atoms with Crippen LogP contribution in [0, 0.1) is 13.8 Å². The fourth-order valence-corrected chi connectivity index (χ4v) is 3.39. The van der Waals surface area contributed by atoms with E-state index in [9.17, 15) is 0 Å². The molecule has 0 aliphatic carbocycles. The first kappa shape index (κ1) is 17.0. The summed E-state index contributed by atoms with van der Waals surface area (Å²) in [5.74, 6) is 0.826. The summed E-state index contributed by atoms with van der Waals surface area (Å²) in [4.78, 5) is 4.63. The molecule has 0 saturated carbocycles. The van der Waals surface area contributed by atoms with Gasteiger partial charge in [0, 0.05) is 31.4 Å². The Bertz CT molecular complexity index is 659. The van der Waals surface area contributed by atoms with Gasteiger partial charge in [-0.3, -0.25) is 4.68 Å². The summed E-state index contributed by atoms with van der Waals surface area (Å²) < 4.78 is 3.05. The maximum absolute atomic E-state index is 4.63. The van der Waals surface area contributed by atoms with Gasteiger partial charge in [0.1, 0.15) is 0 Å². The van der Waals surface area contributed by atoms with Crippen LogP contribution in [0.5, 0.6) is 0 Å². The van der Waals surface area contributed by atoms with Crippen molar-refractivity contribution in [3.05, 3.63) is 37.7 Å². The van der Waals surface area contributed by atoms with Crippen LogP contribution in [0.2, 0.25) is 0 Å². The van der Waals surface area contributed by atoms with Crippen molar-refractivity contribution in [2.75, 3.05) is 6.54 Å². The van der Waals surface area contributed by atoms with E-state index >= 15 is 0 Å². The highest BCUT2D eigenvalue weighted by atomic mass is 79.9. The molecule has 0 unspecified atom stereocenters. The van der Waals surface area contributed by atoms with Gasteiger partial charge in [0.15, 0.2) is 5.96 Å². The molecule has 0 bridgehead atoms. The minimum atomic E-state index is 0.669. The third kappa shape index (κ3) is 4.33.